The second-order valence-corrected chi connectivity index (χ2v) is 4.66. The van der Waals surface area contributed by atoms with Crippen LogP contribution in [0.3, 0.4) is 0 Å². The summed E-state index contributed by atoms with van der Waals surface area (Å²) in [5, 5.41) is 7.29. The highest BCUT2D eigenvalue weighted by atomic mass is 35.5. The van der Waals surface area contributed by atoms with Gasteiger partial charge in [0.25, 0.3) is 0 Å². The third-order valence-electron chi connectivity index (χ3n) is 2.05. The van der Waals surface area contributed by atoms with Gasteiger partial charge in [-0.15, -0.1) is 0 Å². The Labute approximate surface area is 114 Å². The minimum absolute atomic E-state index is 0.129. The maximum Gasteiger partial charge on any atom is 0.322 e. The van der Waals surface area contributed by atoms with Crippen molar-refractivity contribution in [2.45, 2.75) is 19.9 Å². The smallest absolute Gasteiger partial charge is 0.322 e. The van der Waals surface area contributed by atoms with Crippen LogP contribution in [-0.4, -0.2) is 21.6 Å². The first-order valence-electron chi connectivity index (χ1n) is 5.57. The highest BCUT2D eigenvalue weighted by Gasteiger charge is 2.05. The van der Waals surface area contributed by atoms with Gasteiger partial charge in [0.1, 0.15) is 0 Å². The molecule has 18 heavy (non-hydrogen) atoms. The van der Waals surface area contributed by atoms with Crippen LogP contribution in [0.4, 0.5) is 5.95 Å². The van der Waals surface area contributed by atoms with Crippen LogP contribution in [0.5, 0.6) is 6.01 Å². The number of thiophene rings is 1. The number of nitrogens with one attached hydrogen (secondary N) is 1. The number of rotatable bonds is 6. The Kier molecular flexibility index (Phi) is 4.72. The first-order chi connectivity index (χ1) is 8.78. The van der Waals surface area contributed by atoms with Gasteiger partial charge < -0.3 is 10.1 Å². The molecule has 0 radical (unpaired) electrons. The lowest BCUT2D eigenvalue weighted by molar-refractivity contribution is 0.291. The Bertz CT molecular complexity index is 492. The molecule has 0 bridgehead atoms. The third-order valence-corrected chi connectivity index (χ3v) is 2.95. The molecule has 7 heteroatoms. The number of halogens is 1. The molecule has 2 rings (SSSR count). The summed E-state index contributed by atoms with van der Waals surface area (Å²) in [6.45, 7) is 3.22. The zero-order chi connectivity index (χ0) is 12.8. The SMILES string of the molecule is CCCOc1nc(Cl)nc(NCc2ccsc2)n1. The number of hydrogen-bond donors (Lipinski definition) is 1. The van der Waals surface area contributed by atoms with E-state index in [2.05, 4.69) is 25.6 Å². The van der Waals surface area contributed by atoms with Crippen molar-refractivity contribution in [3.63, 3.8) is 0 Å². The van der Waals surface area contributed by atoms with Gasteiger partial charge in [0.2, 0.25) is 11.2 Å². The van der Waals surface area contributed by atoms with E-state index in [0.717, 1.165) is 6.42 Å². The van der Waals surface area contributed by atoms with Gasteiger partial charge in [-0.1, -0.05) is 6.92 Å². The minimum Gasteiger partial charge on any atom is -0.463 e. The van der Waals surface area contributed by atoms with Gasteiger partial charge in [0, 0.05) is 6.54 Å². The van der Waals surface area contributed by atoms with E-state index in [1.54, 1.807) is 11.3 Å². The van der Waals surface area contributed by atoms with E-state index in [9.17, 15) is 0 Å². The number of ether oxygens (including phenoxy) is 1. The lowest BCUT2D eigenvalue weighted by Gasteiger charge is -2.06. The van der Waals surface area contributed by atoms with Gasteiger partial charge in [-0.3, -0.25) is 0 Å². The van der Waals surface area contributed by atoms with Crippen molar-refractivity contribution in [3.8, 4) is 6.01 Å². The van der Waals surface area contributed by atoms with E-state index >= 15 is 0 Å². The van der Waals surface area contributed by atoms with Crippen LogP contribution in [0.1, 0.15) is 18.9 Å². The molecule has 0 atom stereocenters. The van der Waals surface area contributed by atoms with Crippen LogP contribution in [0.25, 0.3) is 0 Å². The first kappa shape index (κ1) is 13.0. The predicted molar refractivity (Wildman–Crippen MR) is 72.3 cm³/mol. The monoisotopic (exact) mass is 284 g/mol. The Morgan fingerprint density at radius 2 is 2.28 bits per heavy atom. The average molecular weight is 285 g/mol. The average Bonchev–Trinajstić information content (AvgIpc) is 2.86. The first-order valence-corrected chi connectivity index (χ1v) is 6.89. The number of nitrogens with zero attached hydrogens (tertiary/aromatic N) is 3. The Hall–Kier alpha value is -1.40. The summed E-state index contributed by atoms with van der Waals surface area (Å²) in [6, 6.07) is 2.29. The van der Waals surface area contributed by atoms with Gasteiger partial charge in [0.05, 0.1) is 6.61 Å². The van der Waals surface area contributed by atoms with Crippen LogP contribution in [0.2, 0.25) is 5.28 Å². The van der Waals surface area contributed by atoms with Crippen LogP contribution < -0.4 is 10.1 Å². The van der Waals surface area contributed by atoms with E-state index in [4.69, 9.17) is 16.3 Å². The predicted octanol–water partition coefficient (Wildman–Crippen LogP) is 2.99. The molecule has 0 saturated carbocycles. The third kappa shape index (κ3) is 3.82. The van der Waals surface area contributed by atoms with Gasteiger partial charge in [-0.05, 0) is 40.4 Å². The quantitative estimate of drug-likeness (QED) is 0.884. The topological polar surface area (TPSA) is 59.9 Å². The van der Waals surface area contributed by atoms with Crippen molar-refractivity contribution in [2.75, 3.05) is 11.9 Å². The van der Waals surface area contributed by atoms with Crippen molar-refractivity contribution in [3.05, 3.63) is 27.7 Å². The van der Waals surface area contributed by atoms with Crippen molar-refractivity contribution in [1.29, 1.82) is 0 Å². The standard InChI is InChI=1S/C11H13ClN4OS/c1-2-4-17-11-15-9(12)14-10(16-11)13-6-8-3-5-18-7-8/h3,5,7H,2,4,6H2,1H3,(H,13,14,15,16). The Morgan fingerprint density at radius 1 is 1.39 bits per heavy atom. The molecule has 0 aliphatic rings. The normalized spacial score (nSPS) is 10.3. The number of aromatic nitrogens is 3. The summed E-state index contributed by atoms with van der Waals surface area (Å²) in [4.78, 5) is 12.0. The molecule has 0 saturated heterocycles. The molecule has 0 amide bonds. The molecule has 96 valence electrons. The number of hydrogen-bond acceptors (Lipinski definition) is 6. The summed E-state index contributed by atoms with van der Waals surface area (Å²) >= 11 is 7.46. The maximum absolute atomic E-state index is 5.81. The Morgan fingerprint density at radius 3 is 3.00 bits per heavy atom. The molecular formula is C11H13ClN4OS. The van der Waals surface area contributed by atoms with E-state index in [1.165, 1.54) is 5.56 Å². The van der Waals surface area contributed by atoms with Crippen LogP contribution in [-0.2, 0) is 6.54 Å². The van der Waals surface area contributed by atoms with Crippen LogP contribution in [0.15, 0.2) is 16.8 Å². The van der Waals surface area contributed by atoms with E-state index in [1.807, 2.05) is 18.4 Å². The molecule has 5 nitrogen and oxygen atoms in total. The summed E-state index contributed by atoms with van der Waals surface area (Å²) < 4.78 is 5.33. The lowest BCUT2D eigenvalue weighted by atomic mass is 10.3. The molecule has 0 spiro atoms. The zero-order valence-corrected chi connectivity index (χ0v) is 11.5. The van der Waals surface area contributed by atoms with Crippen LogP contribution >= 0.6 is 22.9 Å². The largest absolute Gasteiger partial charge is 0.463 e. The zero-order valence-electron chi connectivity index (χ0n) is 9.89. The molecule has 0 aromatic carbocycles. The minimum atomic E-state index is 0.129. The lowest BCUT2D eigenvalue weighted by Crippen LogP contribution is -2.07. The summed E-state index contributed by atoms with van der Waals surface area (Å²) in [5.41, 5.74) is 1.17. The van der Waals surface area contributed by atoms with E-state index < -0.39 is 0 Å². The van der Waals surface area contributed by atoms with Crippen LogP contribution in [0, 0.1) is 0 Å². The Balaban J connectivity index is 2.00. The van der Waals surface area contributed by atoms with E-state index in [-0.39, 0.29) is 11.3 Å². The van der Waals surface area contributed by atoms with Gasteiger partial charge in [0.15, 0.2) is 0 Å². The van der Waals surface area contributed by atoms with Gasteiger partial charge in [-0.25, -0.2) is 0 Å². The highest BCUT2D eigenvalue weighted by Crippen LogP contribution is 2.13. The fraction of sp³-hybridized carbons (Fsp3) is 0.364. The van der Waals surface area contributed by atoms with Crippen molar-refractivity contribution >= 4 is 28.9 Å². The highest BCUT2D eigenvalue weighted by molar-refractivity contribution is 7.07. The van der Waals surface area contributed by atoms with Gasteiger partial charge in [-0.2, -0.15) is 26.3 Å². The molecule has 0 unspecified atom stereocenters. The second kappa shape index (κ2) is 6.51. The van der Waals surface area contributed by atoms with Crippen molar-refractivity contribution in [2.24, 2.45) is 0 Å². The van der Waals surface area contributed by atoms with Crippen molar-refractivity contribution < 1.29 is 4.74 Å². The molecule has 2 aromatic heterocycles. The number of anilines is 1. The summed E-state index contributed by atoms with van der Waals surface area (Å²) in [5.74, 6) is 0.423. The summed E-state index contributed by atoms with van der Waals surface area (Å²) in [7, 11) is 0. The summed E-state index contributed by atoms with van der Waals surface area (Å²) in [6.07, 6.45) is 0.890. The second-order valence-electron chi connectivity index (χ2n) is 3.54. The molecule has 0 fully saturated rings. The molecule has 2 aromatic rings. The molecule has 1 N–H and O–H groups in total. The molecule has 2 heterocycles. The maximum atomic E-state index is 5.81. The van der Waals surface area contributed by atoms with Crippen molar-refractivity contribution in [1.82, 2.24) is 15.0 Å². The fourth-order valence-electron chi connectivity index (χ4n) is 1.24. The van der Waals surface area contributed by atoms with Gasteiger partial charge >= 0.3 is 6.01 Å². The molecule has 0 aliphatic heterocycles. The molecular weight excluding hydrogens is 272 g/mol. The molecule has 0 aliphatic carbocycles. The van der Waals surface area contributed by atoms with E-state index in [0.29, 0.717) is 19.1 Å². The fourth-order valence-corrected chi connectivity index (χ4v) is 2.06.